The van der Waals surface area contributed by atoms with Crippen LogP contribution in [0.15, 0.2) is 42.7 Å². The smallest absolute Gasteiger partial charge is 0.307 e. The van der Waals surface area contributed by atoms with Crippen molar-refractivity contribution in [3.63, 3.8) is 0 Å². The third kappa shape index (κ3) is 4.28. The Morgan fingerprint density at radius 1 is 1.26 bits per heavy atom. The summed E-state index contributed by atoms with van der Waals surface area (Å²) < 4.78 is 12.2. The number of nitrogens with zero attached hydrogens (tertiary/aromatic N) is 3. The van der Waals surface area contributed by atoms with E-state index in [2.05, 4.69) is 20.9 Å². The normalized spacial score (nSPS) is 19.2. The van der Waals surface area contributed by atoms with Crippen molar-refractivity contribution in [2.24, 2.45) is 0 Å². The highest BCUT2D eigenvalue weighted by molar-refractivity contribution is 7.80. The van der Waals surface area contributed by atoms with Crippen LogP contribution in [0.25, 0.3) is 0 Å². The number of carbonyl (C=O) groups excluding carboxylic acids is 1. The van der Waals surface area contributed by atoms with Gasteiger partial charge in [-0.25, -0.2) is 0 Å². The van der Waals surface area contributed by atoms with Crippen LogP contribution < -0.4 is 5.32 Å². The molecule has 0 radical (unpaired) electrons. The number of ether oxygens (including phenoxy) is 2. The van der Waals surface area contributed by atoms with Gasteiger partial charge in [-0.05, 0) is 36.5 Å². The molecule has 2 aromatic rings. The van der Waals surface area contributed by atoms with Gasteiger partial charge in [0.2, 0.25) is 0 Å². The Morgan fingerprint density at radius 2 is 2.11 bits per heavy atom. The minimum absolute atomic E-state index is 0.0797. The summed E-state index contributed by atoms with van der Waals surface area (Å²) in [5, 5.41) is 3.99. The number of hydrogen-bond acceptors (Lipinski definition) is 5. The molecule has 1 aliphatic rings. The van der Waals surface area contributed by atoms with Crippen LogP contribution in [0.1, 0.15) is 29.9 Å². The van der Waals surface area contributed by atoms with E-state index in [0.717, 1.165) is 17.9 Å². The lowest BCUT2D eigenvalue weighted by Crippen LogP contribution is -2.32. The largest absolute Gasteiger partial charge is 0.469 e. The molecule has 144 valence electrons. The molecule has 1 N–H and O–H groups in total. The van der Waals surface area contributed by atoms with Crippen LogP contribution in [0.4, 0.5) is 0 Å². The molecule has 2 aromatic heterocycles. The average Bonchev–Trinajstić information content (AvgIpc) is 3.28. The molecule has 0 spiro atoms. The molecule has 2 atom stereocenters. The van der Waals surface area contributed by atoms with Crippen LogP contribution in [-0.2, 0) is 20.8 Å². The van der Waals surface area contributed by atoms with Crippen LogP contribution in [-0.4, -0.2) is 52.9 Å². The van der Waals surface area contributed by atoms with E-state index in [1.807, 2.05) is 35.4 Å². The Hall–Kier alpha value is -2.45. The first kappa shape index (κ1) is 19.3. The van der Waals surface area contributed by atoms with E-state index in [0.29, 0.717) is 18.3 Å². The predicted octanol–water partition coefficient (Wildman–Crippen LogP) is 2.07. The molecule has 3 heterocycles. The molecule has 0 aliphatic carbocycles. The second-order valence-electron chi connectivity index (χ2n) is 6.27. The minimum atomic E-state index is -0.257. The molecule has 0 saturated carbocycles. The molecule has 1 saturated heterocycles. The number of nitrogens with one attached hydrogen (secondary N) is 1. The maximum Gasteiger partial charge on any atom is 0.307 e. The first-order valence-corrected chi connectivity index (χ1v) is 9.25. The number of methoxy groups -OCH3 is 2. The number of aromatic nitrogens is 2. The summed E-state index contributed by atoms with van der Waals surface area (Å²) in [6.45, 7) is 1.83. The summed E-state index contributed by atoms with van der Waals surface area (Å²) in [6.07, 6.45) is 4.07. The maximum atomic E-state index is 11.7. The minimum Gasteiger partial charge on any atom is -0.469 e. The summed E-state index contributed by atoms with van der Waals surface area (Å²) in [5.41, 5.74) is 2.00. The quantitative estimate of drug-likeness (QED) is 0.548. The predicted molar refractivity (Wildman–Crippen MR) is 105 cm³/mol. The first-order chi connectivity index (χ1) is 13.2. The van der Waals surface area contributed by atoms with Gasteiger partial charge in [0.1, 0.15) is 0 Å². The van der Waals surface area contributed by atoms with Crippen molar-refractivity contribution in [3.8, 4) is 0 Å². The summed E-state index contributed by atoms with van der Waals surface area (Å²) >= 11 is 5.59. The van der Waals surface area contributed by atoms with Crippen LogP contribution >= 0.6 is 12.2 Å². The highest BCUT2D eigenvalue weighted by atomic mass is 32.1. The maximum absolute atomic E-state index is 11.7. The standard InChI is InChI=1S/C19H24N4O3S/c1-25-13-12-22-10-5-7-15(22)18-17(14-6-3-4-9-20-14)21-19(27)23(18)11-8-16(24)26-2/h3-7,9-10,17-18H,8,11-13H2,1-2H3,(H,21,27)/t17-,18+/m0/s1. The lowest BCUT2D eigenvalue weighted by Gasteiger charge is -2.28. The van der Waals surface area contributed by atoms with Gasteiger partial charge in [0.05, 0.1) is 37.9 Å². The average molecular weight is 388 g/mol. The Morgan fingerprint density at radius 3 is 2.81 bits per heavy atom. The van der Waals surface area contributed by atoms with Crippen LogP contribution in [0.2, 0.25) is 0 Å². The van der Waals surface area contributed by atoms with Gasteiger partial charge in [-0.15, -0.1) is 0 Å². The van der Waals surface area contributed by atoms with E-state index in [9.17, 15) is 4.79 Å². The molecular formula is C19H24N4O3S. The van der Waals surface area contributed by atoms with Gasteiger partial charge >= 0.3 is 5.97 Å². The van der Waals surface area contributed by atoms with E-state index < -0.39 is 0 Å². The van der Waals surface area contributed by atoms with Crippen molar-refractivity contribution < 1.29 is 14.3 Å². The molecular weight excluding hydrogens is 364 g/mol. The lowest BCUT2D eigenvalue weighted by atomic mass is 10.0. The van der Waals surface area contributed by atoms with Gasteiger partial charge in [-0.2, -0.15) is 0 Å². The fraction of sp³-hybridized carbons (Fsp3) is 0.421. The van der Waals surface area contributed by atoms with Crippen molar-refractivity contribution in [2.45, 2.75) is 25.0 Å². The third-order valence-electron chi connectivity index (χ3n) is 4.69. The second-order valence-corrected chi connectivity index (χ2v) is 6.65. The zero-order valence-electron chi connectivity index (χ0n) is 15.5. The lowest BCUT2D eigenvalue weighted by molar-refractivity contribution is -0.140. The van der Waals surface area contributed by atoms with Crippen LogP contribution in [0.5, 0.6) is 0 Å². The van der Waals surface area contributed by atoms with Crippen molar-refractivity contribution in [3.05, 3.63) is 54.1 Å². The number of esters is 1. The van der Waals surface area contributed by atoms with Crippen molar-refractivity contribution in [1.29, 1.82) is 0 Å². The molecule has 7 nitrogen and oxygen atoms in total. The number of hydrogen-bond donors (Lipinski definition) is 1. The highest BCUT2D eigenvalue weighted by Gasteiger charge is 2.41. The van der Waals surface area contributed by atoms with Gasteiger partial charge < -0.3 is 24.3 Å². The summed E-state index contributed by atoms with van der Waals surface area (Å²) in [7, 11) is 3.09. The zero-order valence-corrected chi connectivity index (χ0v) is 16.3. The molecule has 1 aliphatic heterocycles. The van der Waals surface area contributed by atoms with Crippen LogP contribution in [0, 0.1) is 0 Å². The number of pyridine rings is 1. The monoisotopic (exact) mass is 388 g/mol. The Labute approximate surface area is 164 Å². The van der Waals surface area contributed by atoms with Crippen molar-refractivity contribution >= 4 is 23.3 Å². The summed E-state index contributed by atoms with van der Waals surface area (Å²) in [4.78, 5) is 18.2. The van der Waals surface area contributed by atoms with E-state index in [-0.39, 0.29) is 24.5 Å². The van der Waals surface area contributed by atoms with Crippen molar-refractivity contribution in [1.82, 2.24) is 19.8 Å². The van der Waals surface area contributed by atoms with Gasteiger partial charge in [0.15, 0.2) is 5.11 Å². The second kappa shape index (κ2) is 8.96. The number of thiocarbonyl (C=S) groups is 1. The third-order valence-corrected chi connectivity index (χ3v) is 5.04. The van der Waals surface area contributed by atoms with E-state index in [1.165, 1.54) is 7.11 Å². The van der Waals surface area contributed by atoms with Crippen LogP contribution in [0.3, 0.4) is 0 Å². The molecule has 3 rings (SSSR count). The Kier molecular flexibility index (Phi) is 6.41. The van der Waals surface area contributed by atoms with Gasteiger partial charge in [0.25, 0.3) is 0 Å². The number of rotatable bonds is 8. The van der Waals surface area contributed by atoms with Gasteiger partial charge in [-0.3, -0.25) is 9.78 Å². The SMILES string of the molecule is COCCn1cccc1[C@@H]1[C@H](c2ccccn2)NC(=S)N1CCC(=O)OC. The molecule has 1 fully saturated rings. The molecule has 0 aromatic carbocycles. The van der Waals surface area contributed by atoms with E-state index in [1.54, 1.807) is 13.3 Å². The first-order valence-electron chi connectivity index (χ1n) is 8.84. The molecule has 0 amide bonds. The van der Waals surface area contributed by atoms with Gasteiger partial charge in [0, 0.05) is 38.3 Å². The molecule has 8 heteroatoms. The van der Waals surface area contributed by atoms with Crippen molar-refractivity contribution in [2.75, 3.05) is 27.4 Å². The zero-order chi connectivity index (χ0) is 19.2. The van der Waals surface area contributed by atoms with Gasteiger partial charge in [-0.1, -0.05) is 6.07 Å². The fourth-order valence-corrected chi connectivity index (χ4v) is 3.70. The number of carbonyl (C=O) groups is 1. The summed E-state index contributed by atoms with van der Waals surface area (Å²) in [5.74, 6) is -0.257. The van der Waals surface area contributed by atoms with E-state index in [4.69, 9.17) is 21.7 Å². The molecule has 0 unspecified atom stereocenters. The topological polar surface area (TPSA) is 68.6 Å². The molecule has 0 bridgehead atoms. The Balaban J connectivity index is 1.94. The highest BCUT2D eigenvalue weighted by Crippen LogP contribution is 2.38. The molecule has 27 heavy (non-hydrogen) atoms. The summed E-state index contributed by atoms with van der Waals surface area (Å²) in [6, 6.07) is 9.75. The Bertz CT molecular complexity index is 780. The fourth-order valence-electron chi connectivity index (χ4n) is 3.37. The van der Waals surface area contributed by atoms with E-state index >= 15 is 0 Å².